The van der Waals surface area contributed by atoms with E-state index in [2.05, 4.69) is 10.6 Å². The molecule has 0 saturated heterocycles. The van der Waals surface area contributed by atoms with Gasteiger partial charge in [-0.05, 0) is 67.2 Å². The average molecular weight is 459 g/mol. The first-order chi connectivity index (χ1) is 14.7. The van der Waals surface area contributed by atoms with Gasteiger partial charge in [-0.2, -0.15) is 0 Å². The Morgan fingerprint density at radius 1 is 0.688 bits per heavy atom. The molecule has 0 fully saturated rings. The quantitative estimate of drug-likeness (QED) is 0.290. The number of rotatable bonds is 10. The summed E-state index contributed by atoms with van der Waals surface area (Å²) in [5.74, 6) is -1.15. The molecular formula is C22H38N2O8. The summed E-state index contributed by atoms with van der Waals surface area (Å²) < 4.78 is 19.8. The van der Waals surface area contributed by atoms with E-state index in [0.29, 0.717) is 25.7 Å². The number of hydrogen-bond acceptors (Lipinski definition) is 8. The Balaban J connectivity index is 4.67. The number of alkyl carbamates (subject to hydrolysis) is 2. The highest BCUT2D eigenvalue weighted by molar-refractivity contribution is 5.82. The van der Waals surface area contributed by atoms with E-state index in [4.69, 9.17) is 18.9 Å². The van der Waals surface area contributed by atoms with Crippen LogP contribution in [0, 0.1) is 0 Å². The summed E-state index contributed by atoms with van der Waals surface area (Å²) in [5, 5.41) is 5.01. The third-order valence-electron chi connectivity index (χ3n) is 3.76. The summed E-state index contributed by atoms with van der Waals surface area (Å²) in [6.07, 6.45) is 3.77. The lowest BCUT2D eigenvalue weighted by Crippen LogP contribution is -2.44. The van der Waals surface area contributed by atoms with Crippen LogP contribution in [-0.4, -0.2) is 61.6 Å². The van der Waals surface area contributed by atoms with Crippen molar-refractivity contribution in [3.8, 4) is 0 Å². The predicted molar refractivity (Wildman–Crippen MR) is 118 cm³/mol. The summed E-state index contributed by atoms with van der Waals surface area (Å²) in [7, 11) is 2.49. The fourth-order valence-electron chi connectivity index (χ4n) is 2.44. The van der Waals surface area contributed by atoms with Crippen LogP contribution in [0.4, 0.5) is 9.59 Å². The highest BCUT2D eigenvalue weighted by atomic mass is 16.6. The van der Waals surface area contributed by atoms with Crippen LogP contribution in [-0.2, 0) is 28.5 Å². The number of ether oxygens (including phenoxy) is 4. The van der Waals surface area contributed by atoms with Crippen LogP contribution in [0.25, 0.3) is 0 Å². The zero-order chi connectivity index (χ0) is 24.9. The summed E-state index contributed by atoms with van der Waals surface area (Å²) >= 11 is 0. The molecular weight excluding hydrogens is 420 g/mol. The predicted octanol–water partition coefficient (Wildman–Crippen LogP) is 3.24. The van der Waals surface area contributed by atoms with Crippen molar-refractivity contribution < 1.29 is 38.1 Å². The van der Waals surface area contributed by atoms with Crippen molar-refractivity contribution in [3.63, 3.8) is 0 Å². The lowest BCUT2D eigenvalue weighted by molar-refractivity contribution is -0.144. The highest BCUT2D eigenvalue weighted by Crippen LogP contribution is 2.10. The second-order valence-corrected chi connectivity index (χ2v) is 9.07. The van der Waals surface area contributed by atoms with Gasteiger partial charge in [0.15, 0.2) is 0 Å². The topological polar surface area (TPSA) is 129 Å². The van der Waals surface area contributed by atoms with Crippen molar-refractivity contribution in [2.75, 3.05) is 14.2 Å². The van der Waals surface area contributed by atoms with E-state index < -0.39 is 47.4 Å². The molecule has 0 radical (unpaired) electrons. The molecule has 184 valence electrons. The van der Waals surface area contributed by atoms with E-state index in [9.17, 15) is 19.2 Å². The van der Waals surface area contributed by atoms with Gasteiger partial charge in [-0.15, -0.1) is 0 Å². The van der Waals surface area contributed by atoms with E-state index in [1.807, 2.05) is 12.2 Å². The monoisotopic (exact) mass is 458 g/mol. The zero-order valence-electron chi connectivity index (χ0n) is 20.4. The van der Waals surface area contributed by atoms with E-state index in [1.165, 1.54) is 14.2 Å². The maximum Gasteiger partial charge on any atom is 0.408 e. The van der Waals surface area contributed by atoms with Crippen molar-refractivity contribution in [2.45, 2.75) is 90.5 Å². The molecule has 0 aromatic heterocycles. The molecule has 2 amide bonds. The summed E-state index contributed by atoms with van der Waals surface area (Å²) in [6.45, 7) is 10.3. The highest BCUT2D eigenvalue weighted by Gasteiger charge is 2.25. The number of methoxy groups -OCH3 is 2. The van der Waals surface area contributed by atoms with Crippen molar-refractivity contribution in [1.82, 2.24) is 10.6 Å². The third kappa shape index (κ3) is 14.3. The Morgan fingerprint density at radius 2 is 1.00 bits per heavy atom. The SMILES string of the molecule is COC(=O)[C@H](CC/C=C\CC[C@H](NC(=O)OC(C)(C)C)C(=O)OC)NC(=O)OC(C)(C)C. The van der Waals surface area contributed by atoms with E-state index in [-0.39, 0.29) is 0 Å². The van der Waals surface area contributed by atoms with Crippen LogP contribution in [0.5, 0.6) is 0 Å². The number of hydrogen-bond donors (Lipinski definition) is 2. The molecule has 10 nitrogen and oxygen atoms in total. The normalized spacial score (nSPS) is 13.6. The second kappa shape index (κ2) is 13.6. The van der Waals surface area contributed by atoms with E-state index >= 15 is 0 Å². The second-order valence-electron chi connectivity index (χ2n) is 9.07. The molecule has 0 aromatic rings. The summed E-state index contributed by atoms with van der Waals surface area (Å²) in [5.41, 5.74) is -1.37. The Morgan fingerprint density at radius 3 is 1.25 bits per heavy atom. The molecule has 0 aliphatic rings. The summed E-state index contributed by atoms with van der Waals surface area (Å²) in [6, 6.07) is -1.70. The van der Waals surface area contributed by atoms with E-state index in [0.717, 1.165) is 0 Å². The van der Waals surface area contributed by atoms with Gasteiger partial charge in [0.2, 0.25) is 0 Å². The van der Waals surface area contributed by atoms with Gasteiger partial charge in [-0.25, -0.2) is 19.2 Å². The van der Waals surface area contributed by atoms with Crippen molar-refractivity contribution in [3.05, 3.63) is 12.2 Å². The van der Waals surface area contributed by atoms with Gasteiger partial charge >= 0.3 is 24.1 Å². The Labute approximate surface area is 190 Å². The number of allylic oxidation sites excluding steroid dienone is 2. The molecule has 0 spiro atoms. The molecule has 0 bridgehead atoms. The maximum absolute atomic E-state index is 11.9. The molecule has 0 aliphatic carbocycles. The lowest BCUT2D eigenvalue weighted by atomic mass is 10.1. The first-order valence-corrected chi connectivity index (χ1v) is 10.5. The van der Waals surface area contributed by atoms with Gasteiger partial charge in [0, 0.05) is 0 Å². The van der Waals surface area contributed by atoms with Crippen molar-refractivity contribution in [1.29, 1.82) is 0 Å². The van der Waals surface area contributed by atoms with Crippen LogP contribution in [0.2, 0.25) is 0 Å². The molecule has 0 aromatic carbocycles. The van der Waals surface area contributed by atoms with Crippen LogP contribution in [0.3, 0.4) is 0 Å². The largest absolute Gasteiger partial charge is 0.467 e. The van der Waals surface area contributed by atoms with Gasteiger partial charge in [0.05, 0.1) is 14.2 Å². The molecule has 0 saturated carbocycles. The van der Waals surface area contributed by atoms with Crippen LogP contribution in [0.15, 0.2) is 12.2 Å². The molecule has 2 N–H and O–H groups in total. The van der Waals surface area contributed by atoms with Gasteiger partial charge < -0.3 is 29.6 Å². The Kier molecular flexibility index (Phi) is 12.4. The molecule has 0 unspecified atom stereocenters. The number of carbonyl (C=O) groups is 4. The first kappa shape index (κ1) is 29.2. The van der Waals surface area contributed by atoms with Gasteiger partial charge in [0.25, 0.3) is 0 Å². The van der Waals surface area contributed by atoms with Crippen LogP contribution >= 0.6 is 0 Å². The third-order valence-corrected chi connectivity index (χ3v) is 3.76. The minimum atomic E-state index is -0.851. The minimum Gasteiger partial charge on any atom is -0.467 e. The number of amides is 2. The van der Waals surface area contributed by atoms with Crippen molar-refractivity contribution in [2.24, 2.45) is 0 Å². The zero-order valence-corrected chi connectivity index (χ0v) is 20.4. The van der Waals surface area contributed by atoms with Gasteiger partial charge in [-0.3, -0.25) is 0 Å². The molecule has 32 heavy (non-hydrogen) atoms. The Hall–Kier alpha value is -2.78. The molecule has 2 atom stereocenters. The molecule has 10 heteroatoms. The number of nitrogens with one attached hydrogen (secondary N) is 2. The standard InChI is InChI=1S/C22H38N2O8/c1-21(2,3)31-19(27)23-15(17(25)29-7)13-11-9-10-12-14-16(18(26)30-8)24-20(28)32-22(4,5)6/h9-10,15-16H,11-14H2,1-8H3,(H,23,27)(H,24,28)/b10-9-/t15-,16-/m0/s1. The fourth-order valence-corrected chi connectivity index (χ4v) is 2.44. The smallest absolute Gasteiger partial charge is 0.408 e. The number of esters is 2. The molecule has 0 rings (SSSR count). The minimum absolute atomic E-state index is 0.305. The molecule has 0 aliphatic heterocycles. The first-order valence-electron chi connectivity index (χ1n) is 10.5. The number of carbonyl (C=O) groups excluding carboxylic acids is 4. The molecule has 0 heterocycles. The van der Waals surface area contributed by atoms with Gasteiger partial charge in [0.1, 0.15) is 23.3 Å². The Bertz CT molecular complexity index is 606. The van der Waals surface area contributed by atoms with Gasteiger partial charge in [-0.1, -0.05) is 12.2 Å². The maximum atomic E-state index is 11.9. The summed E-state index contributed by atoms with van der Waals surface area (Å²) in [4.78, 5) is 47.7. The van der Waals surface area contributed by atoms with Crippen molar-refractivity contribution >= 4 is 24.1 Å². The average Bonchev–Trinajstić information content (AvgIpc) is 2.64. The fraction of sp³-hybridized carbons (Fsp3) is 0.727. The lowest BCUT2D eigenvalue weighted by Gasteiger charge is -2.22. The van der Waals surface area contributed by atoms with Crippen LogP contribution in [0.1, 0.15) is 67.2 Å². The van der Waals surface area contributed by atoms with Crippen LogP contribution < -0.4 is 10.6 Å². The van der Waals surface area contributed by atoms with E-state index in [1.54, 1.807) is 41.5 Å².